The number of nitrogens with one attached hydrogen (secondary N) is 1. The van der Waals surface area contributed by atoms with Crippen molar-refractivity contribution in [3.8, 4) is 11.4 Å². The van der Waals surface area contributed by atoms with E-state index in [0.29, 0.717) is 17.0 Å². The predicted octanol–water partition coefficient (Wildman–Crippen LogP) is 2.67. The monoisotopic (exact) mass is 420 g/mol. The molecule has 2 aromatic carbocycles. The summed E-state index contributed by atoms with van der Waals surface area (Å²) in [7, 11) is 2.77. The molecular weight excluding hydrogens is 396 g/mol. The number of nitrogens with zero attached hydrogens (tertiary/aromatic N) is 1. The molecule has 1 N–H and O–H groups in total. The first-order valence-corrected chi connectivity index (χ1v) is 9.74. The number of benzene rings is 2. The molecule has 3 rings (SSSR count). The second-order valence-corrected chi connectivity index (χ2v) is 6.96. The van der Waals surface area contributed by atoms with Gasteiger partial charge in [-0.05, 0) is 36.2 Å². The van der Waals surface area contributed by atoms with Gasteiger partial charge in [-0.25, -0.2) is 4.79 Å². The van der Waals surface area contributed by atoms with Crippen LogP contribution in [0.15, 0.2) is 71.7 Å². The summed E-state index contributed by atoms with van der Waals surface area (Å²) in [5.41, 5.74) is 1.31. The first kappa shape index (κ1) is 21.8. The molecule has 0 aliphatic carbocycles. The summed E-state index contributed by atoms with van der Waals surface area (Å²) in [6, 6.07) is 17.0. The molecule has 0 aliphatic heterocycles. The molecule has 0 saturated heterocycles. The van der Waals surface area contributed by atoms with E-state index in [-0.39, 0.29) is 12.0 Å². The molecule has 1 amide bonds. The Hall–Kier alpha value is -3.87. The predicted molar refractivity (Wildman–Crippen MR) is 117 cm³/mol. The Morgan fingerprint density at radius 1 is 1.00 bits per heavy atom. The van der Waals surface area contributed by atoms with Crippen molar-refractivity contribution in [2.24, 2.45) is 0 Å². The van der Waals surface area contributed by atoms with Crippen LogP contribution in [0.3, 0.4) is 0 Å². The molecule has 31 heavy (non-hydrogen) atoms. The average molecular weight is 420 g/mol. The summed E-state index contributed by atoms with van der Waals surface area (Å²) in [6.07, 6.45) is 1.83. The fraction of sp³-hybridized carbons (Fsp3) is 0.208. The van der Waals surface area contributed by atoms with E-state index in [1.165, 1.54) is 18.8 Å². The van der Waals surface area contributed by atoms with Gasteiger partial charge in [0.25, 0.3) is 11.5 Å². The van der Waals surface area contributed by atoms with Crippen LogP contribution in [0, 0.1) is 6.92 Å². The Bertz CT molecular complexity index is 1140. The van der Waals surface area contributed by atoms with Crippen molar-refractivity contribution in [1.82, 2.24) is 9.88 Å². The number of para-hydroxylation sites is 2. The highest BCUT2D eigenvalue weighted by Crippen LogP contribution is 2.21. The zero-order chi connectivity index (χ0) is 22.4. The van der Waals surface area contributed by atoms with Crippen molar-refractivity contribution < 1.29 is 19.1 Å². The Kier molecular flexibility index (Phi) is 6.87. The highest BCUT2D eigenvalue weighted by atomic mass is 16.5. The van der Waals surface area contributed by atoms with Gasteiger partial charge in [-0.3, -0.25) is 14.2 Å². The number of carbonyl (C=O) groups excluding carboxylic acids is 2. The number of rotatable bonds is 7. The zero-order valence-corrected chi connectivity index (χ0v) is 17.6. The van der Waals surface area contributed by atoms with Crippen LogP contribution in [-0.4, -0.2) is 36.7 Å². The van der Waals surface area contributed by atoms with Gasteiger partial charge in [0.1, 0.15) is 17.4 Å². The van der Waals surface area contributed by atoms with Crippen LogP contribution in [-0.2, 0) is 16.0 Å². The summed E-state index contributed by atoms with van der Waals surface area (Å²) >= 11 is 0. The number of aromatic nitrogens is 1. The van der Waals surface area contributed by atoms with E-state index in [0.717, 1.165) is 5.56 Å². The Balaban J connectivity index is 1.96. The molecule has 7 heteroatoms. The summed E-state index contributed by atoms with van der Waals surface area (Å²) in [5.74, 6) is -0.731. The van der Waals surface area contributed by atoms with Crippen LogP contribution in [0.5, 0.6) is 5.75 Å². The van der Waals surface area contributed by atoms with Crippen LogP contribution >= 0.6 is 0 Å². The van der Waals surface area contributed by atoms with Crippen LogP contribution in [0.25, 0.3) is 5.69 Å². The van der Waals surface area contributed by atoms with Gasteiger partial charge in [-0.1, -0.05) is 42.5 Å². The van der Waals surface area contributed by atoms with Crippen molar-refractivity contribution in [1.29, 1.82) is 0 Å². The van der Waals surface area contributed by atoms with Crippen LogP contribution in [0.1, 0.15) is 21.5 Å². The van der Waals surface area contributed by atoms with Crippen LogP contribution in [0.2, 0.25) is 0 Å². The molecular formula is C24H24N2O5. The second kappa shape index (κ2) is 9.75. The topological polar surface area (TPSA) is 86.6 Å². The Morgan fingerprint density at radius 2 is 1.68 bits per heavy atom. The number of aryl methyl sites for hydroxylation is 1. The largest absolute Gasteiger partial charge is 0.495 e. The van der Waals surface area contributed by atoms with Gasteiger partial charge in [0.05, 0.1) is 19.9 Å². The van der Waals surface area contributed by atoms with Gasteiger partial charge in [0.2, 0.25) is 0 Å². The van der Waals surface area contributed by atoms with Crippen LogP contribution < -0.4 is 15.6 Å². The van der Waals surface area contributed by atoms with Gasteiger partial charge in [-0.15, -0.1) is 0 Å². The number of esters is 1. The first-order chi connectivity index (χ1) is 15.0. The number of methoxy groups -OCH3 is 2. The minimum absolute atomic E-state index is 0.0460. The van der Waals surface area contributed by atoms with Crippen molar-refractivity contribution >= 4 is 11.9 Å². The Labute approximate surface area is 180 Å². The number of carbonyl (C=O) groups is 2. The van der Waals surface area contributed by atoms with E-state index in [9.17, 15) is 14.4 Å². The second-order valence-electron chi connectivity index (χ2n) is 6.96. The lowest BCUT2D eigenvalue weighted by Crippen LogP contribution is -2.45. The maximum atomic E-state index is 13.2. The van der Waals surface area contributed by atoms with E-state index in [2.05, 4.69) is 5.32 Å². The molecule has 7 nitrogen and oxygen atoms in total. The lowest BCUT2D eigenvalue weighted by atomic mass is 10.0. The third-order valence-electron chi connectivity index (χ3n) is 4.95. The standard InChI is InChI=1S/C24H24N2O5/c1-16-13-14-26(19-11-7-8-12-20(19)30-2)23(28)21(16)22(27)25-18(24(29)31-3)15-17-9-5-4-6-10-17/h4-14,18H,15H2,1-3H3,(H,25,27)/t18-/m1/s1. The van der Waals surface area contributed by atoms with Crippen molar-refractivity contribution in [2.45, 2.75) is 19.4 Å². The number of hydrogen-bond acceptors (Lipinski definition) is 5. The molecule has 0 radical (unpaired) electrons. The Morgan fingerprint density at radius 3 is 2.35 bits per heavy atom. The number of amides is 1. The van der Waals surface area contributed by atoms with Crippen molar-refractivity contribution in [3.63, 3.8) is 0 Å². The fourth-order valence-corrected chi connectivity index (χ4v) is 3.34. The zero-order valence-electron chi connectivity index (χ0n) is 17.6. The van der Waals surface area contributed by atoms with E-state index in [1.807, 2.05) is 30.3 Å². The normalized spacial score (nSPS) is 11.5. The molecule has 1 heterocycles. The maximum absolute atomic E-state index is 13.2. The molecule has 3 aromatic rings. The fourth-order valence-electron chi connectivity index (χ4n) is 3.34. The van der Waals surface area contributed by atoms with Crippen LogP contribution in [0.4, 0.5) is 0 Å². The maximum Gasteiger partial charge on any atom is 0.328 e. The van der Waals surface area contributed by atoms with Gasteiger partial charge in [0.15, 0.2) is 0 Å². The molecule has 0 aliphatic rings. The summed E-state index contributed by atoms with van der Waals surface area (Å²) in [4.78, 5) is 38.6. The minimum atomic E-state index is -0.932. The molecule has 1 atom stereocenters. The highest BCUT2D eigenvalue weighted by Gasteiger charge is 2.25. The molecule has 0 spiro atoms. The SMILES string of the molecule is COC(=O)[C@@H](Cc1ccccc1)NC(=O)c1c(C)ccn(-c2ccccc2OC)c1=O. The third-order valence-corrected chi connectivity index (χ3v) is 4.95. The smallest absolute Gasteiger partial charge is 0.328 e. The molecule has 1 aromatic heterocycles. The van der Waals surface area contributed by atoms with E-state index >= 15 is 0 Å². The van der Waals surface area contributed by atoms with E-state index in [1.54, 1.807) is 43.5 Å². The van der Waals surface area contributed by atoms with Gasteiger partial charge in [0, 0.05) is 12.6 Å². The summed E-state index contributed by atoms with van der Waals surface area (Å²) in [5, 5.41) is 2.66. The molecule has 0 fully saturated rings. The van der Waals surface area contributed by atoms with Gasteiger partial charge >= 0.3 is 5.97 Å². The highest BCUT2D eigenvalue weighted by molar-refractivity contribution is 5.97. The average Bonchev–Trinajstić information content (AvgIpc) is 2.79. The van der Waals surface area contributed by atoms with Gasteiger partial charge in [-0.2, -0.15) is 0 Å². The van der Waals surface area contributed by atoms with E-state index < -0.39 is 23.5 Å². The summed E-state index contributed by atoms with van der Waals surface area (Å²) in [6.45, 7) is 1.67. The number of hydrogen-bond donors (Lipinski definition) is 1. The van der Waals surface area contributed by atoms with Gasteiger partial charge < -0.3 is 14.8 Å². The number of ether oxygens (including phenoxy) is 2. The third kappa shape index (κ3) is 4.83. The number of pyridine rings is 1. The molecule has 0 bridgehead atoms. The van der Waals surface area contributed by atoms with E-state index in [4.69, 9.17) is 9.47 Å². The minimum Gasteiger partial charge on any atom is -0.495 e. The first-order valence-electron chi connectivity index (χ1n) is 9.74. The molecule has 160 valence electrons. The van der Waals surface area contributed by atoms with Crippen molar-refractivity contribution in [3.05, 3.63) is 93.9 Å². The molecule has 0 unspecified atom stereocenters. The summed E-state index contributed by atoms with van der Waals surface area (Å²) < 4.78 is 11.5. The lowest BCUT2D eigenvalue weighted by molar-refractivity contribution is -0.142. The molecule has 0 saturated carbocycles. The lowest BCUT2D eigenvalue weighted by Gasteiger charge is -2.18. The quantitative estimate of drug-likeness (QED) is 0.594. The van der Waals surface area contributed by atoms with Crippen molar-refractivity contribution in [2.75, 3.05) is 14.2 Å².